The highest BCUT2D eigenvalue weighted by Crippen LogP contribution is 2.39. The van der Waals surface area contributed by atoms with Gasteiger partial charge in [0.25, 0.3) is 0 Å². The Labute approximate surface area is 219 Å². The van der Waals surface area contributed by atoms with Gasteiger partial charge in [-0.1, -0.05) is 130 Å². The number of aliphatic imine (C=N–C) groups is 1. The summed E-state index contributed by atoms with van der Waals surface area (Å²) in [6.45, 7) is 6.81. The smallest absolute Gasteiger partial charge is 0.0930 e. The van der Waals surface area contributed by atoms with Crippen LogP contribution in [0.3, 0.4) is 0 Å². The predicted molar refractivity (Wildman–Crippen MR) is 158 cm³/mol. The first-order chi connectivity index (χ1) is 17.5. The molecule has 0 amide bonds. The maximum Gasteiger partial charge on any atom is 0.0930 e. The maximum atomic E-state index is 5.09. The van der Waals surface area contributed by atoms with Crippen molar-refractivity contribution in [2.24, 2.45) is 10.4 Å². The number of hydrogen-bond acceptors (Lipinski definition) is 3. The molecule has 0 fully saturated rings. The number of thioether (sulfide) groups is 1. The Balaban J connectivity index is 1.65. The van der Waals surface area contributed by atoms with Gasteiger partial charge in [0.2, 0.25) is 0 Å². The lowest BCUT2D eigenvalue weighted by Gasteiger charge is -2.23. The molecule has 36 heavy (non-hydrogen) atoms. The van der Waals surface area contributed by atoms with Gasteiger partial charge in [-0.15, -0.1) is 11.8 Å². The van der Waals surface area contributed by atoms with Crippen molar-refractivity contribution in [3.05, 3.63) is 121 Å². The van der Waals surface area contributed by atoms with E-state index in [4.69, 9.17) is 4.99 Å². The number of nitrogens with one attached hydrogen (secondary N) is 1. The van der Waals surface area contributed by atoms with E-state index < -0.39 is 0 Å². The summed E-state index contributed by atoms with van der Waals surface area (Å²) in [7, 11) is 0. The molecular weight excluding hydrogens is 456 g/mol. The summed E-state index contributed by atoms with van der Waals surface area (Å²) >= 11 is 1.85. The molecule has 5 rings (SSSR count). The third-order valence-electron chi connectivity index (χ3n) is 6.52. The molecule has 3 heteroatoms. The van der Waals surface area contributed by atoms with Gasteiger partial charge in [0.05, 0.1) is 16.8 Å². The number of hydrogen-bond donors (Lipinski definition) is 1. The Hall–Kier alpha value is -3.56. The van der Waals surface area contributed by atoms with E-state index in [0.717, 1.165) is 27.7 Å². The van der Waals surface area contributed by atoms with Gasteiger partial charge in [-0.05, 0) is 28.2 Å². The lowest BCUT2D eigenvalue weighted by atomic mass is 9.88. The van der Waals surface area contributed by atoms with Crippen LogP contribution in [0.1, 0.15) is 26.3 Å². The van der Waals surface area contributed by atoms with Crippen molar-refractivity contribution >= 4 is 28.2 Å². The van der Waals surface area contributed by atoms with Gasteiger partial charge in [-0.25, -0.2) is 0 Å². The third kappa shape index (κ3) is 5.47. The van der Waals surface area contributed by atoms with Crippen LogP contribution in [0, 0.1) is 5.41 Å². The van der Waals surface area contributed by atoms with Crippen LogP contribution >= 0.6 is 11.8 Å². The Bertz CT molecular complexity index is 1310. The third-order valence-corrected chi connectivity index (χ3v) is 7.52. The second-order valence-electron chi connectivity index (χ2n) is 10.2. The van der Waals surface area contributed by atoms with E-state index in [-0.39, 0.29) is 5.41 Å². The van der Waals surface area contributed by atoms with Gasteiger partial charge in [0.15, 0.2) is 0 Å². The summed E-state index contributed by atoms with van der Waals surface area (Å²) in [6.07, 6.45) is 2.22. The van der Waals surface area contributed by atoms with E-state index in [1.54, 1.807) is 0 Å². The van der Waals surface area contributed by atoms with E-state index in [9.17, 15) is 0 Å². The van der Waals surface area contributed by atoms with Gasteiger partial charge < -0.3 is 5.32 Å². The molecule has 0 aliphatic carbocycles. The quantitative estimate of drug-likeness (QED) is 0.293. The molecule has 1 aliphatic rings. The Morgan fingerprint density at radius 3 is 1.78 bits per heavy atom. The van der Waals surface area contributed by atoms with Crippen molar-refractivity contribution in [2.45, 2.75) is 26.8 Å². The summed E-state index contributed by atoms with van der Waals surface area (Å²) in [6, 6.07) is 38.6. The van der Waals surface area contributed by atoms with Crippen molar-refractivity contribution in [3.8, 4) is 22.3 Å². The van der Waals surface area contributed by atoms with Crippen LogP contribution in [0.25, 0.3) is 28.0 Å². The van der Waals surface area contributed by atoms with E-state index in [0.29, 0.717) is 6.04 Å². The van der Waals surface area contributed by atoms with Gasteiger partial charge in [-0.2, -0.15) is 0 Å². The molecule has 4 aromatic carbocycles. The summed E-state index contributed by atoms with van der Waals surface area (Å²) in [5, 5.41) is 4.96. The zero-order valence-corrected chi connectivity index (χ0v) is 21.9. The summed E-state index contributed by atoms with van der Waals surface area (Å²) in [5.74, 6) is 1.02. The fraction of sp³-hybridized carbons (Fsp3) is 0.182. The van der Waals surface area contributed by atoms with Crippen LogP contribution in [0.2, 0.25) is 0 Å². The SMILES string of the molecule is CC(C)(C)C1CSC(C=C(Nc2c(-c3ccccc3)cccc2-c2ccccc2)c2ccccc2)=N1. The van der Waals surface area contributed by atoms with E-state index in [1.807, 2.05) is 11.8 Å². The fourth-order valence-electron chi connectivity index (χ4n) is 4.39. The zero-order chi connectivity index (χ0) is 25.0. The van der Waals surface area contributed by atoms with Crippen LogP contribution in [0.5, 0.6) is 0 Å². The Kier molecular flexibility index (Phi) is 7.11. The molecule has 0 bridgehead atoms. The lowest BCUT2D eigenvalue weighted by Crippen LogP contribution is -2.24. The topological polar surface area (TPSA) is 24.4 Å². The molecule has 0 spiro atoms. The number of nitrogens with zero attached hydrogens (tertiary/aromatic N) is 1. The van der Waals surface area contributed by atoms with Gasteiger partial charge in [0.1, 0.15) is 0 Å². The van der Waals surface area contributed by atoms with Crippen molar-refractivity contribution in [1.82, 2.24) is 0 Å². The van der Waals surface area contributed by atoms with Crippen LogP contribution < -0.4 is 5.32 Å². The lowest BCUT2D eigenvalue weighted by molar-refractivity contribution is 0.349. The molecule has 0 saturated heterocycles. The van der Waals surface area contributed by atoms with Gasteiger partial charge in [-0.3, -0.25) is 4.99 Å². The van der Waals surface area contributed by atoms with Crippen molar-refractivity contribution in [1.29, 1.82) is 0 Å². The second kappa shape index (κ2) is 10.6. The average molecular weight is 489 g/mol. The summed E-state index contributed by atoms with van der Waals surface area (Å²) in [5.41, 5.74) is 8.17. The molecule has 0 aromatic heterocycles. The van der Waals surface area contributed by atoms with Crippen molar-refractivity contribution < 1.29 is 0 Å². The summed E-state index contributed by atoms with van der Waals surface area (Å²) < 4.78 is 0. The minimum atomic E-state index is 0.156. The van der Waals surface area contributed by atoms with Crippen molar-refractivity contribution in [3.63, 3.8) is 0 Å². The minimum Gasteiger partial charge on any atom is -0.354 e. The molecule has 1 unspecified atom stereocenters. The molecule has 1 heterocycles. The van der Waals surface area contributed by atoms with Gasteiger partial charge >= 0.3 is 0 Å². The van der Waals surface area contributed by atoms with Crippen LogP contribution in [0.15, 0.2) is 120 Å². The molecule has 0 saturated carbocycles. The first kappa shape index (κ1) is 24.1. The second-order valence-corrected chi connectivity index (χ2v) is 11.2. The first-order valence-electron chi connectivity index (χ1n) is 12.5. The molecule has 1 aliphatic heterocycles. The van der Waals surface area contributed by atoms with Crippen LogP contribution in [0.4, 0.5) is 5.69 Å². The standard InChI is InChI=1S/C33H32N2S/c1-33(2,3)30-23-36-31(35-30)22-29(26-18-11-6-12-19-26)34-32-27(24-14-7-4-8-15-24)20-13-21-28(32)25-16-9-5-10-17-25/h4-22,30,34H,23H2,1-3H3. The fourth-order valence-corrected chi connectivity index (χ4v) is 5.69. The molecule has 4 aromatic rings. The normalized spacial score (nSPS) is 16.0. The molecule has 1 N–H and O–H groups in total. The van der Waals surface area contributed by atoms with E-state index in [1.165, 1.54) is 22.3 Å². The molecule has 0 radical (unpaired) electrons. The largest absolute Gasteiger partial charge is 0.354 e. The monoisotopic (exact) mass is 488 g/mol. The molecule has 2 nitrogen and oxygen atoms in total. The van der Waals surface area contributed by atoms with Gasteiger partial charge in [0, 0.05) is 22.6 Å². The predicted octanol–water partition coefficient (Wildman–Crippen LogP) is 9.03. The maximum absolute atomic E-state index is 5.09. The first-order valence-corrected chi connectivity index (χ1v) is 13.5. The highest BCUT2D eigenvalue weighted by atomic mass is 32.2. The molecular formula is C33H32N2S. The average Bonchev–Trinajstić information content (AvgIpc) is 3.39. The molecule has 180 valence electrons. The van der Waals surface area contributed by atoms with Crippen molar-refractivity contribution in [2.75, 3.05) is 11.1 Å². The zero-order valence-electron chi connectivity index (χ0n) is 21.1. The van der Waals surface area contributed by atoms with E-state index in [2.05, 4.69) is 141 Å². The number of benzene rings is 4. The van der Waals surface area contributed by atoms with Crippen LogP contribution in [-0.4, -0.2) is 16.8 Å². The Morgan fingerprint density at radius 1 is 0.750 bits per heavy atom. The summed E-state index contributed by atoms with van der Waals surface area (Å²) in [4.78, 5) is 5.09. The minimum absolute atomic E-state index is 0.156. The number of para-hydroxylation sites is 1. The highest BCUT2D eigenvalue weighted by Gasteiger charge is 2.29. The molecule has 1 atom stereocenters. The number of anilines is 1. The number of rotatable bonds is 6. The van der Waals surface area contributed by atoms with Crippen LogP contribution in [-0.2, 0) is 0 Å². The Morgan fingerprint density at radius 2 is 1.28 bits per heavy atom. The van der Waals surface area contributed by atoms with E-state index >= 15 is 0 Å². The highest BCUT2D eigenvalue weighted by molar-refractivity contribution is 8.14.